The molecule has 0 N–H and O–H groups in total. The van der Waals surface area contributed by atoms with Crippen molar-refractivity contribution in [2.45, 2.75) is 5.41 Å². The lowest BCUT2D eigenvalue weighted by Crippen LogP contribution is -2.28. The van der Waals surface area contributed by atoms with Crippen LogP contribution < -0.4 is 4.90 Å². The Morgan fingerprint density at radius 1 is 0.403 bits per heavy atom. The highest BCUT2D eigenvalue weighted by Gasteiger charge is 2.46. The van der Waals surface area contributed by atoms with E-state index in [2.05, 4.69) is 234 Å². The fourth-order valence-corrected chi connectivity index (χ4v) is 10.7. The Labute approximate surface area is 359 Å². The minimum atomic E-state index is -0.540. The monoisotopic (exact) mass is 790 g/mol. The molecule has 0 atom stereocenters. The first kappa shape index (κ1) is 34.7. The summed E-state index contributed by atoms with van der Waals surface area (Å²) in [5.41, 5.74) is 15.4. The maximum absolute atomic E-state index is 6.81. The summed E-state index contributed by atoms with van der Waals surface area (Å²) in [4.78, 5) is 2.44. The van der Waals surface area contributed by atoms with Gasteiger partial charge in [-0.1, -0.05) is 164 Å². The van der Waals surface area contributed by atoms with Gasteiger partial charge in [0.1, 0.15) is 11.2 Å². The van der Waals surface area contributed by atoms with Gasteiger partial charge in [0.25, 0.3) is 0 Å². The molecule has 0 unspecified atom stereocenters. The average Bonchev–Trinajstić information content (AvgIpc) is 3.99. The number of aromatic nitrogens is 1. The molecule has 0 saturated heterocycles. The summed E-state index contributed by atoms with van der Waals surface area (Å²) in [6, 6.07) is 84.1. The van der Waals surface area contributed by atoms with Crippen molar-refractivity contribution in [1.82, 2.24) is 4.57 Å². The van der Waals surface area contributed by atoms with Crippen molar-refractivity contribution in [3.05, 3.63) is 253 Å². The molecular formula is C59H38N2O. The molecule has 62 heavy (non-hydrogen) atoms. The van der Waals surface area contributed by atoms with Crippen molar-refractivity contribution < 1.29 is 4.42 Å². The van der Waals surface area contributed by atoms with Crippen LogP contribution in [0.3, 0.4) is 0 Å². The second-order valence-electron chi connectivity index (χ2n) is 16.4. The van der Waals surface area contributed by atoms with Crippen LogP contribution in [-0.2, 0) is 5.41 Å². The molecule has 290 valence electrons. The van der Waals surface area contributed by atoms with E-state index in [-0.39, 0.29) is 0 Å². The van der Waals surface area contributed by atoms with E-state index in [1.807, 2.05) is 6.07 Å². The molecule has 0 saturated carbocycles. The zero-order chi connectivity index (χ0) is 40.8. The molecule has 13 rings (SSSR count). The summed E-state index contributed by atoms with van der Waals surface area (Å²) in [7, 11) is 0. The number of hydrogen-bond donors (Lipinski definition) is 0. The lowest BCUT2D eigenvalue weighted by atomic mass is 9.67. The van der Waals surface area contributed by atoms with Crippen LogP contribution in [0.15, 0.2) is 235 Å². The van der Waals surface area contributed by atoms with E-state index in [4.69, 9.17) is 4.42 Å². The van der Waals surface area contributed by atoms with Gasteiger partial charge in [0.2, 0.25) is 0 Å². The molecule has 2 heterocycles. The molecule has 0 aliphatic heterocycles. The summed E-state index contributed by atoms with van der Waals surface area (Å²) < 4.78 is 9.20. The van der Waals surface area contributed by atoms with Gasteiger partial charge in [0.15, 0.2) is 0 Å². The molecule has 1 aliphatic rings. The first-order valence-electron chi connectivity index (χ1n) is 21.3. The number of hydrogen-bond acceptors (Lipinski definition) is 2. The van der Waals surface area contributed by atoms with Crippen molar-refractivity contribution in [3.8, 4) is 16.8 Å². The molecule has 0 amide bonds. The smallest absolute Gasteiger partial charge is 0.145 e. The first-order chi connectivity index (χ1) is 30.8. The van der Waals surface area contributed by atoms with Crippen molar-refractivity contribution in [3.63, 3.8) is 0 Å². The van der Waals surface area contributed by atoms with E-state index in [1.165, 1.54) is 55.2 Å². The van der Waals surface area contributed by atoms with Crippen LogP contribution in [-0.4, -0.2) is 4.57 Å². The van der Waals surface area contributed by atoms with Crippen LogP contribution >= 0.6 is 0 Å². The summed E-state index contributed by atoms with van der Waals surface area (Å²) in [5.74, 6) is 0. The molecule has 0 spiro atoms. The molecule has 3 heteroatoms. The van der Waals surface area contributed by atoms with Crippen LogP contribution in [0.1, 0.15) is 22.3 Å². The van der Waals surface area contributed by atoms with Crippen molar-refractivity contribution in [1.29, 1.82) is 0 Å². The Balaban J connectivity index is 1.09. The van der Waals surface area contributed by atoms with Gasteiger partial charge in [-0.2, -0.15) is 0 Å². The number of anilines is 3. The summed E-state index contributed by atoms with van der Waals surface area (Å²) in [5, 5.41) is 6.93. The molecule has 2 aromatic heterocycles. The van der Waals surface area contributed by atoms with E-state index >= 15 is 0 Å². The number of nitrogens with zero attached hydrogens (tertiary/aromatic N) is 2. The number of furan rings is 1. The minimum absolute atomic E-state index is 0.540. The van der Waals surface area contributed by atoms with Gasteiger partial charge in [-0.05, 0) is 105 Å². The number of para-hydroxylation sites is 3. The van der Waals surface area contributed by atoms with Crippen LogP contribution in [0, 0.1) is 0 Å². The van der Waals surface area contributed by atoms with Gasteiger partial charge in [-0.3, -0.25) is 0 Å². The summed E-state index contributed by atoms with van der Waals surface area (Å²) >= 11 is 0. The van der Waals surface area contributed by atoms with Crippen molar-refractivity contribution >= 4 is 71.6 Å². The number of rotatable bonds is 6. The topological polar surface area (TPSA) is 21.3 Å². The third-order valence-electron chi connectivity index (χ3n) is 13.3. The molecule has 10 aromatic carbocycles. The van der Waals surface area contributed by atoms with E-state index < -0.39 is 5.41 Å². The highest BCUT2D eigenvalue weighted by atomic mass is 16.3. The molecular weight excluding hydrogens is 753 g/mol. The predicted octanol–water partition coefficient (Wildman–Crippen LogP) is 15.7. The number of benzene rings is 10. The van der Waals surface area contributed by atoms with E-state index in [1.54, 1.807) is 0 Å². The van der Waals surface area contributed by atoms with Crippen LogP contribution in [0.5, 0.6) is 0 Å². The highest BCUT2D eigenvalue weighted by molar-refractivity contribution is 6.19. The zero-order valence-corrected chi connectivity index (χ0v) is 33.7. The lowest BCUT2D eigenvalue weighted by molar-refractivity contribution is 0.672. The van der Waals surface area contributed by atoms with Gasteiger partial charge in [-0.25, -0.2) is 0 Å². The molecule has 0 fully saturated rings. The van der Waals surface area contributed by atoms with E-state index in [0.717, 1.165) is 55.5 Å². The quantitative estimate of drug-likeness (QED) is 0.167. The second-order valence-corrected chi connectivity index (χ2v) is 16.4. The highest BCUT2D eigenvalue weighted by Crippen LogP contribution is 2.57. The number of fused-ring (bicyclic) bond motifs is 11. The van der Waals surface area contributed by atoms with Crippen molar-refractivity contribution in [2.75, 3.05) is 4.90 Å². The molecule has 0 bridgehead atoms. The molecule has 3 nitrogen and oxygen atoms in total. The average molecular weight is 791 g/mol. The summed E-state index contributed by atoms with van der Waals surface area (Å²) in [6.07, 6.45) is 0. The first-order valence-corrected chi connectivity index (χ1v) is 21.3. The Kier molecular flexibility index (Phi) is 7.52. The SMILES string of the molecule is c1ccc(C2(c3ccccc3)c3ccccc3-c3ccc(N(c4ccc(-n5c6ccccc6c6ccccc65)cc4)c4cccc5ccc6c7ccccc7oc6c45)cc32)cc1. The van der Waals surface area contributed by atoms with Gasteiger partial charge < -0.3 is 13.9 Å². The van der Waals surface area contributed by atoms with E-state index in [0.29, 0.717) is 0 Å². The predicted molar refractivity (Wildman–Crippen MR) is 258 cm³/mol. The van der Waals surface area contributed by atoms with Crippen LogP contribution in [0.2, 0.25) is 0 Å². The van der Waals surface area contributed by atoms with Gasteiger partial charge in [0.05, 0.1) is 22.1 Å². The minimum Gasteiger partial charge on any atom is -0.455 e. The third-order valence-corrected chi connectivity index (χ3v) is 13.3. The maximum Gasteiger partial charge on any atom is 0.145 e. The molecule has 1 aliphatic carbocycles. The van der Waals surface area contributed by atoms with Crippen LogP contribution in [0.4, 0.5) is 17.1 Å². The third kappa shape index (κ3) is 4.88. The van der Waals surface area contributed by atoms with Gasteiger partial charge in [-0.15, -0.1) is 0 Å². The Hall–Kier alpha value is -8.14. The van der Waals surface area contributed by atoms with E-state index in [9.17, 15) is 0 Å². The largest absolute Gasteiger partial charge is 0.455 e. The molecule has 12 aromatic rings. The lowest BCUT2D eigenvalue weighted by Gasteiger charge is -2.35. The Bertz CT molecular complexity index is 3600. The van der Waals surface area contributed by atoms with Crippen LogP contribution in [0.25, 0.3) is 71.3 Å². The van der Waals surface area contributed by atoms with Crippen molar-refractivity contribution in [2.24, 2.45) is 0 Å². The fraction of sp³-hybridized carbons (Fsp3) is 0.0169. The second kappa shape index (κ2) is 13.4. The Morgan fingerprint density at radius 3 is 1.73 bits per heavy atom. The standard InChI is InChI=1S/C59H38N2O/c1-3-17-40(18-4-1)59(41-19-5-2-6-20-41)51-25-11-7-21-45(51)46-37-35-44(38-52(46)59)60(55-28-15-16-39-30-36-50-49-24-10-14-29-56(49)62-58(50)57(39)55)42-31-33-43(34-32-42)61-53-26-12-8-22-47(53)48-23-9-13-27-54(48)61/h1-38H. The maximum atomic E-state index is 6.81. The normalized spacial score (nSPS) is 13.0. The van der Waals surface area contributed by atoms with Gasteiger partial charge in [0, 0.05) is 44.0 Å². The summed E-state index contributed by atoms with van der Waals surface area (Å²) in [6.45, 7) is 0. The molecule has 0 radical (unpaired) electrons. The van der Waals surface area contributed by atoms with Gasteiger partial charge >= 0.3 is 0 Å². The fourth-order valence-electron chi connectivity index (χ4n) is 10.7. The Morgan fingerprint density at radius 2 is 1.00 bits per heavy atom. The zero-order valence-electron chi connectivity index (χ0n) is 33.7.